The second-order valence-electron chi connectivity index (χ2n) is 35.5. The number of rotatable bonds is 13. The number of aromatic nitrogens is 5. The average Bonchev–Trinajstić information content (AvgIpc) is 1.56. The molecule has 5 heterocycles. The van der Waals surface area contributed by atoms with Gasteiger partial charge in [-0.2, -0.15) is 0 Å². The molecule has 13 heteroatoms. The number of fused-ring (bicyclic) bond motifs is 5. The summed E-state index contributed by atoms with van der Waals surface area (Å²) in [6.07, 6.45) is 0. The maximum Gasteiger partial charge on any atom is 0.266 e. The number of pyridine rings is 4. The maximum absolute atomic E-state index is 18.1. The van der Waals surface area contributed by atoms with Gasteiger partial charge in [0.1, 0.15) is 0 Å². The molecule has 115 heavy (non-hydrogen) atoms. The molecule has 0 bridgehead atoms. The van der Waals surface area contributed by atoms with E-state index in [4.69, 9.17) is 0 Å². The molecule has 13 nitrogen and oxygen atoms in total. The quantitative estimate of drug-likeness (QED) is 0.0814. The first-order chi connectivity index (χ1) is 55.2. The summed E-state index contributed by atoms with van der Waals surface area (Å²) in [6.45, 7) is 33.1. The Balaban J connectivity index is 1.13. The fraction of sp³-hybridized carbons (Fsp3) is 0.235. The molecular weight excluding hydrogens is 1420 g/mol. The summed E-state index contributed by atoms with van der Waals surface area (Å²) in [4.78, 5) is 138. The molecule has 0 aliphatic carbocycles. The van der Waals surface area contributed by atoms with E-state index >= 15 is 38.4 Å². The molecule has 0 saturated carbocycles. The Morgan fingerprint density at radius 2 is 0.400 bits per heavy atom. The lowest BCUT2D eigenvalue weighted by atomic mass is 9.73. The van der Waals surface area contributed by atoms with Crippen LogP contribution in [0.5, 0.6) is 0 Å². The summed E-state index contributed by atoms with van der Waals surface area (Å²) in [5.41, 5.74) is 6.13. The van der Waals surface area contributed by atoms with Gasteiger partial charge in [-0.1, -0.05) is 214 Å². The van der Waals surface area contributed by atoms with Crippen LogP contribution in [0, 0.1) is 0 Å². The Morgan fingerprint density at radius 3 is 0.757 bits per heavy atom. The van der Waals surface area contributed by atoms with Gasteiger partial charge in [-0.05, 0) is 189 Å². The second-order valence-corrected chi connectivity index (χ2v) is 35.5. The largest absolute Gasteiger partial charge is 0.309 e. The Hall–Kier alpha value is -12.7. The van der Waals surface area contributed by atoms with Gasteiger partial charge in [-0.25, -0.2) is 18.3 Å². The Kier molecular flexibility index (Phi) is 13.8. The van der Waals surface area contributed by atoms with Crippen LogP contribution >= 0.6 is 0 Å². The van der Waals surface area contributed by atoms with Crippen LogP contribution in [0.15, 0.2) is 190 Å². The minimum Gasteiger partial charge on any atom is -0.309 e. The van der Waals surface area contributed by atoms with E-state index in [1.807, 2.05) is 152 Å². The molecule has 5 aromatic heterocycles. The molecule has 17 aromatic carbocycles. The topological polar surface area (TPSA) is 161 Å². The third kappa shape index (κ3) is 8.18. The summed E-state index contributed by atoms with van der Waals surface area (Å²) >= 11 is 0. The maximum atomic E-state index is 18.1. The predicted octanol–water partition coefficient (Wildman–Crippen LogP) is 22.3. The monoisotopic (exact) mass is 1500 g/mol. The number of hydrogen-bond acceptors (Lipinski definition) is 8. The molecule has 0 spiro atoms. The highest BCUT2D eigenvalue weighted by molar-refractivity contribution is 6.62. The van der Waals surface area contributed by atoms with Crippen LogP contribution in [0.4, 0.5) is 0 Å². The van der Waals surface area contributed by atoms with Gasteiger partial charge in [0.15, 0.2) is 0 Å². The molecule has 0 aliphatic rings. The molecule has 0 unspecified atom stereocenters. The molecular formula is C102H81N5O8. The predicted molar refractivity (Wildman–Crippen MR) is 478 cm³/mol. The van der Waals surface area contributed by atoms with Crippen LogP contribution in [0.2, 0.25) is 0 Å². The van der Waals surface area contributed by atoms with E-state index in [2.05, 4.69) is 115 Å². The zero-order valence-electron chi connectivity index (χ0n) is 67.1. The van der Waals surface area contributed by atoms with E-state index in [-0.39, 0.29) is 85.0 Å². The van der Waals surface area contributed by atoms with Crippen molar-refractivity contribution in [2.75, 3.05) is 0 Å². The molecule has 22 rings (SSSR count). The number of hydrogen-bond donors (Lipinski definition) is 0. The summed E-state index contributed by atoms with van der Waals surface area (Å²) < 4.78 is 7.74. The van der Waals surface area contributed by atoms with E-state index in [0.29, 0.717) is 158 Å². The number of para-hydroxylation sites is 5. The molecule has 0 fully saturated rings. The molecule has 22 aromatic rings. The van der Waals surface area contributed by atoms with Crippen LogP contribution in [0.25, 0.3) is 201 Å². The summed E-state index contributed by atoms with van der Waals surface area (Å²) in [5.74, 6) is -1.19. The molecule has 0 amide bonds. The van der Waals surface area contributed by atoms with E-state index in [1.54, 1.807) is 0 Å². The van der Waals surface area contributed by atoms with Crippen molar-refractivity contribution in [3.8, 4) is 28.4 Å². The molecule has 0 atom stereocenters. The zero-order chi connectivity index (χ0) is 79.8. The van der Waals surface area contributed by atoms with Crippen molar-refractivity contribution in [3.63, 3.8) is 0 Å². The van der Waals surface area contributed by atoms with Crippen molar-refractivity contribution >= 4 is 173 Å². The summed E-state index contributed by atoms with van der Waals surface area (Å²) in [7, 11) is 0. The van der Waals surface area contributed by atoms with Gasteiger partial charge in [-0.3, -0.25) is 38.4 Å². The van der Waals surface area contributed by atoms with Gasteiger partial charge in [0.05, 0.1) is 55.3 Å². The van der Waals surface area contributed by atoms with Gasteiger partial charge in [0.2, 0.25) is 0 Å². The Bertz CT molecular complexity index is 8500. The zero-order valence-corrected chi connectivity index (χ0v) is 67.1. The van der Waals surface area contributed by atoms with Crippen molar-refractivity contribution in [2.24, 2.45) is 0 Å². The van der Waals surface area contributed by atoms with Crippen molar-refractivity contribution in [2.45, 2.75) is 158 Å². The van der Waals surface area contributed by atoms with Gasteiger partial charge in [0, 0.05) is 97.3 Å². The van der Waals surface area contributed by atoms with E-state index in [9.17, 15) is 0 Å². The molecule has 0 radical (unpaired) electrons. The molecule has 562 valence electrons. The van der Waals surface area contributed by atoms with Crippen LogP contribution in [-0.4, -0.2) is 22.8 Å². The third-order valence-corrected chi connectivity index (χ3v) is 26.7. The standard InChI is InChI=1S/C102H81N5O8/c1-42(2)51-26-20-27-52(43(3)4)91(51)104-95(108)61-36-34-59-60-35-37-62-75-74(60)84-76-63(38-65(97(104)110)71(61)73(59)76)78-88-86-77-64(79(87(84)88)89(75)101(114)106(96(62)109)93-55(46(9)10)30-22-31-56(93)47(11)12)39-66-72-67(99(112)105(98(66)111)92-53(44(5)6)28-21-29-54(92)45(7)8)40-69-81(83(72)77)82-70(103(69)50-24-18-17-19-25-50)41-68-80(85(82)86)90(78)102(115)107(100(68)113)94-57(48(13)14)32-23-33-58(94)49(15)16/h17-49H,1-16H3. The fourth-order valence-electron chi connectivity index (χ4n) is 21.9. The lowest BCUT2D eigenvalue weighted by molar-refractivity contribution is 0.792. The van der Waals surface area contributed by atoms with Crippen molar-refractivity contribution in [1.82, 2.24) is 22.8 Å². The van der Waals surface area contributed by atoms with Gasteiger partial charge < -0.3 is 4.57 Å². The Morgan fingerprint density at radius 1 is 0.174 bits per heavy atom. The first-order valence-corrected chi connectivity index (χ1v) is 40.8. The van der Waals surface area contributed by atoms with Crippen LogP contribution in [-0.2, 0) is 0 Å². The van der Waals surface area contributed by atoms with Crippen LogP contribution in [0.1, 0.15) is 203 Å². The smallest absolute Gasteiger partial charge is 0.266 e. The molecule has 0 saturated heterocycles. The van der Waals surface area contributed by atoms with E-state index < -0.39 is 44.5 Å². The summed E-state index contributed by atoms with van der Waals surface area (Å²) in [6, 6.07) is 49.1. The number of benzene rings is 17. The minimum absolute atomic E-state index is 0.113. The lowest BCUT2D eigenvalue weighted by Crippen LogP contribution is -2.34. The van der Waals surface area contributed by atoms with Gasteiger partial charge in [-0.15, -0.1) is 0 Å². The molecule has 0 aliphatic heterocycles. The van der Waals surface area contributed by atoms with Crippen LogP contribution < -0.4 is 44.5 Å². The van der Waals surface area contributed by atoms with Crippen molar-refractivity contribution in [1.29, 1.82) is 0 Å². The number of nitrogens with zero attached hydrogens (tertiary/aromatic N) is 5. The second kappa shape index (κ2) is 23.0. The van der Waals surface area contributed by atoms with E-state index in [0.717, 1.165) is 50.2 Å². The first-order valence-electron chi connectivity index (χ1n) is 40.8. The highest BCUT2D eigenvalue weighted by atomic mass is 16.2. The summed E-state index contributed by atoms with van der Waals surface area (Å²) in [5, 5.41) is 14.2. The average molecular weight is 1500 g/mol. The van der Waals surface area contributed by atoms with Gasteiger partial charge in [0.25, 0.3) is 44.5 Å². The van der Waals surface area contributed by atoms with Crippen molar-refractivity contribution in [3.05, 3.63) is 279 Å². The third-order valence-electron chi connectivity index (χ3n) is 26.7. The Labute approximate surface area is 657 Å². The first kappa shape index (κ1) is 69.0. The highest BCUT2D eigenvalue weighted by Crippen LogP contribution is 2.62. The van der Waals surface area contributed by atoms with E-state index in [1.165, 1.54) is 18.3 Å². The minimum atomic E-state index is -0.584. The van der Waals surface area contributed by atoms with Crippen LogP contribution in [0.3, 0.4) is 0 Å². The molecule has 0 N–H and O–H groups in total. The fourth-order valence-corrected chi connectivity index (χ4v) is 21.9. The lowest BCUT2D eigenvalue weighted by Gasteiger charge is -2.29. The van der Waals surface area contributed by atoms with Crippen molar-refractivity contribution < 1.29 is 0 Å². The highest BCUT2D eigenvalue weighted by Gasteiger charge is 2.40. The van der Waals surface area contributed by atoms with Gasteiger partial charge >= 0.3 is 0 Å². The SMILES string of the molecule is CC(C)c1cccc(C(C)C)c1-n1c(=O)c2ccc3c4ccc5c(=O)n(-c6c(C(C)C)cccc6C(C)C)c(=O)c6c5c4c4c5c(cc(c1=O)c2c35)c1c2c(=O)n(-c3c(C(C)C)cccc3C(C)C)c(=O)c3cc5c7c(c32)c2c3c(cc8c(=O)n(-c9c(C(C)C)cccc9C(C)C)c(=O)c9cc(c7c3c89)n5-c3ccccc3)c6c4c12. The normalized spacial score (nSPS) is 13.3.